The van der Waals surface area contributed by atoms with Crippen LogP contribution in [-0.2, 0) is 16.4 Å². The fraction of sp³-hybridized carbons (Fsp3) is 0.294. The molecule has 0 amide bonds. The van der Waals surface area contributed by atoms with E-state index in [1.165, 1.54) is 23.5 Å². The van der Waals surface area contributed by atoms with Crippen molar-refractivity contribution in [2.45, 2.75) is 11.3 Å². The molecule has 0 aliphatic carbocycles. The first-order valence-electron chi connectivity index (χ1n) is 7.52. The third-order valence-electron chi connectivity index (χ3n) is 3.79. The van der Waals surface area contributed by atoms with Gasteiger partial charge in [-0.2, -0.15) is 0 Å². The van der Waals surface area contributed by atoms with Gasteiger partial charge in [-0.3, -0.25) is 0 Å². The van der Waals surface area contributed by atoms with Crippen molar-refractivity contribution in [1.29, 1.82) is 0 Å². The lowest BCUT2D eigenvalue weighted by atomic mass is 10.1. The Kier molecular flexibility index (Phi) is 7.21. The van der Waals surface area contributed by atoms with Crippen LogP contribution < -0.4 is 9.47 Å². The number of halogens is 3. The molecule has 142 valence electrons. The maximum Gasteiger partial charge on any atom is 0.245 e. The molecule has 0 saturated carbocycles. The number of hydrogen-bond donors (Lipinski definition) is 0. The summed E-state index contributed by atoms with van der Waals surface area (Å²) in [5, 5.41) is 0.143. The molecule has 26 heavy (non-hydrogen) atoms. The first-order chi connectivity index (χ1) is 12.2. The molecule has 0 unspecified atom stereocenters. The molecule has 2 aromatic carbocycles. The predicted octanol–water partition coefficient (Wildman–Crippen LogP) is 4.64. The summed E-state index contributed by atoms with van der Waals surface area (Å²) in [5.41, 5.74) is 0.915. The van der Waals surface area contributed by atoms with Crippen molar-refractivity contribution in [3.63, 3.8) is 0 Å². The number of methoxy groups -OCH3 is 2. The van der Waals surface area contributed by atoms with Gasteiger partial charge >= 0.3 is 0 Å². The van der Waals surface area contributed by atoms with Crippen molar-refractivity contribution < 1.29 is 17.9 Å². The molecule has 0 heterocycles. The molecule has 5 nitrogen and oxygen atoms in total. The number of benzene rings is 2. The van der Waals surface area contributed by atoms with Crippen molar-refractivity contribution in [2.24, 2.45) is 0 Å². The molecule has 0 aromatic heterocycles. The van der Waals surface area contributed by atoms with Gasteiger partial charge in [-0.15, -0.1) is 0 Å². The Balaban J connectivity index is 2.21. The van der Waals surface area contributed by atoms with Crippen LogP contribution in [0, 0.1) is 0 Å². The Labute approximate surface area is 172 Å². The molecule has 0 bridgehead atoms. The average Bonchev–Trinajstić information content (AvgIpc) is 2.57. The third-order valence-corrected chi connectivity index (χ3v) is 7.03. The largest absolute Gasteiger partial charge is 0.493 e. The van der Waals surface area contributed by atoms with Crippen molar-refractivity contribution >= 4 is 49.2 Å². The maximum absolute atomic E-state index is 12.8. The molecule has 2 aromatic rings. The highest BCUT2D eigenvalue weighted by Gasteiger charge is 2.27. The van der Waals surface area contributed by atoms with E-state index in [4.69, 9.17) is 32.7 Å². The molecule has 0 saturated heterocycles. The third kappa shape index (κ3) is 4.64. The SMILES string of the molecule is COc1ccc(CCN(C)S(=O)(=O)c2c(Cl)cc(Br)cc2Cl)cc1OC. The molecule has 0 fully saturated rings. The Morgan fingerprint density at radius 1 is 1.04 bits per heavy atom. The molecule has 0 N–H and O–H groups in total. The number of nitrogens with zero attached hydrogens (tertiary/aromatic N) is 1. The van der Waals surface area contributed by atoms with Gasteiger partial charge in [0.15, 0.2) is 11.5 Å². The fourth-order valence-corrected chi connectivity index (χ4v) is 5.42. The highest BCUT2D eigenvalue weighted by Crippen LogP contribution is 2.34. The van der Waals surface area contributed by atoms with Crippen molar-refractivity contribution in [1.82, 2.24) is 4.31 Å². The summed E-state index contributed by atoms with van der Waals surface area (Å²) in [6.45, 7) is 0.251. The second-order valence-electron chi connectivity index (χ2n) is 5.46. The van der Waals surface area contributed by atoms with E-state index in [1.807, 2.05) is 12.1 Å². The van der Waals surface area contributed by atoms with Crippen molar-refractivity contribution in [2.75, 3.05) is 27.8 Å². The van der Waals surface area contributed by atoms with Crippen LogP contribution in [0.1, 0.15) is 5.56 Å². The van der Waals surface area contributed by atoms with Gasteiger partial charge in [0.25, 0.3) is 0 Å². The van der Waals surface area contributed by atoms with Crippen LogP contribution in [0.4, 0.5) is 0 Å². The van der Waals surface area contributed by atoms with E-state index in [2.05, 4.69) is 15.9 Å². The summed E-state index contributed by atoms with van der Waals surface area (Å²) in [4.78, 5) is -0.0983. The minimum atomic E-state index is -3.82. The summed E-state index contributed by atoms with van der Waals surface area (Å²) in [7, 11) is 0.778. The van der Waals surface area contributed by atoms with E-state index < -0.39 is 10.0 Å². The summed E-state index contributed by atoms with van der Waals surface area (Å²) < 4.78 is 38.0. The average molecular weight is 483 g/mol. The molecule has 0 aliphatic heterocycles. The fourth-order valence-electron chi connectivity index (χ4n) is 2.37. The van der Waals surface area contributed by atoms with Crippen LogP contribution in [0.15, 0.2) is 39.7 Å². The topological polar surface area (TPSA) is 55.8 Å². The van der Waals surface area contributed by atoms with Gasteiger partial charge in [0.05, 0.1) is 24.3 Å². The van der Waals surface area contributed by atoms with Gasteiger partial charge in [0, 0.05) is 18.1 Å². The number of rotatable bonds is 7. The zero-order chi connectivity index (χ0) is 19.5. The molecular weight excluding hydrogens is 465 g/mol. The lowest BCUT2D eigenvalue weighted by molar-refractivity contribution is 0.354. The van der Waals surface area contributed by atoms with Gasteiger partial charge in [0.1, 0.15) is 4.90 Å². The molecule has 9 heteroatoms. The van der Waals surface area contributed by atoms with E-state index >= 15 is 0 Å². The summed E-state index contributed by atoms with van der Waals surface area (Å²) in [6.07, 6.45) is 0.488. The van der Waals surface area contributed by atoms with Crippen LogP contribution in [0.2, 0.25) is 10.0 Å². The van der Waals surface area contributed by atoms with Gasteiger partial charge in [-0.1, -0.05) is 45.2 Å². The molecule has 2 rings (SSSR count). The second-order valence-corrected chi connectivity index (χ2v) is 9.18. The van der Waals surface area contributed by atoms with Crippen LogP contribution >= 0.6 is 39.1 Å². The normalized spacial score (nSPS) is 11.7. The van der Waals surface area contributed by atoms with Crippen LogP contribution in [-0.4, -0.2) is 40.5 Å². The number of hydrogen-bond acceptors (Lipinski definition) is 4. The highest BCUT2D eigenvalue weighted by atomic mass is 79.9. The molecule has 0 radical (unpaired) electrons. The van der Waals surface area contributed by atoms with Gasteiger partial charge < -0.3 is 9.47 Å². The van der Waals surface area contributed by atoms with Crippen molar-refractivity contribution in [3.8, 4) is 11.5 Å². The summed E-state index contributed by atoms with van der Waals surface area (Å²) >= 11 is 15.4. The second kappa shape index (κ2) is 8.80. The minimum absolute atomic E-state index is 0.0716. The minimum Gasteiger partial charge on any atom is -0.493 e. The Bertz CT molecular complexity index is 883. The monoisotopic (exact) mass is 481 g/mol. The van der Waals surface area contributed by atoms with Crippen molar-refractivity contribution in [3.05, 3.63) is 50.4 Å². The van der Waals surface area contributed by atoms with Crippen LogP contribution in [0.5, 0.6) is 11.5 Å². The van der Waals surface area contributed by atoms with Gasteiger partial charge in [-0.25, -0.2) is 12.7 Å². The zero-order valence-electron chi connectivity index (χ0n) is 14.4. The van der Waals surface area contributed by atoms with E-state index in [1.54, 1.807) is 20.3 Å². The first kappa shape index (κ1) is 21.3. The smallest absolute Gasteiger partial charge is 0.245 e. The Morgan fingerprint density at radius 2 is 1.62 bits per heavy atom. The number of likely N-dealkylation sites (N-methyl/N-ethyl adjacent to an activating group) is 1. The molecule has 0 atom stereocenters. The lowest BCUT2D eigenvalue weighted by Crippen LogP contribution is -2.29. The van der Waals surface area contributed by atoms with Gasteiger partial charge in [-0.05, 0) is 36.2 Å². The Morgan fingerprint density at radius 3 is 2.15 bits per heavy atom. The molecular formula is C17H18BrCl2NO4S. The summed E-state index contributed by atoms with van der Waals surface area (Å²) in [6, 6.07) is 8.47. The van der Waals surface area contributed by atoms with Crippen LogP contribution in [0.25, 0.3) is 0 Å². The number of sulfonamides is 1. The quantitative estimate of drug-likeness (QED) is 0.577. The predicted molar refractivity (Wildman–Crippen MR) is 107 cm³/mol. The van der Waals surface area contributed by atoms with Crippen LogP contribution in [0.3, 0.4) is 0 Å². The number of ether oxygens (including phenoxy) is 2. The zero-order valence-corrected chi connectivity index (χ0v) is 18.3. The van der Waals surface area contributed by atoms with E-state index in [9.17, 15) is 8.42 Å². The standard InChI is InChI=1S/C17H18BrCl2NO4S/c1-21(7-6-11-4-5-15(24-2)16(8-11)25-3)26(22,23)17-13(19)9-12(18)10-14(17)20/h4-5,8-10H,6-7H2,1-3H3. The lowest BCUT2D eigenvalue weighted by Gasteiger charge is -2.19. The van der Waals surface area contributed by atoms with E-state index in [0.29, 0.717) is 22.4 Å². The highest BCUT2D eigenvalue weighted by molar-refractivity contribution is 9.10. The molecule has 0 aliphatic rings. The van der Waals surface area contributed by atoms with Gasteiger partial charge in [0.2, 0.25) is 10.0 Å². The molecule has 0 spiro atoms. The summed E-state index contributed by atoms with van der Waals surface area (Å²) in [5.74, 6) is 1.21. The first-order valence-corrected chi connectivity index (χ1v) is 10.5. The van der Waals surface area contributed by atoms with E-state index in [0.717, 1.165) is 5.56 Å². The van der Waals surface area contributed by atoms with E-state index in [-0.39, 0.29) is 21.5 Å². The Hall–Kier alpha value is -0.990. The maximum atomic E-state index is 12.8.